The minimum absolute atomic E-state index is 0.736. The Morgan fingerprint density at radius 2 is 1.81 bits per heavy atom. The molecule has 0 aliphatic carbocycles. The molecule has 0 N–H and O–H groups in total. The highest BCUT2D eigenvalue weighted by Crippen LogP contribution is 2.41. The molecule has 0 amide bonds. The third-order valence-electron chi connectivity index (χ3n) is 4.42. The van der Waals surface area contributed by atoms with Gasteiger partial charge in [-0.3, -0.25) is 0 Å². The normalized spacial score (nSPS) is 12.2. The number of thiophene rings is 3. The highest BCUT2D eigenvalue weighted by Gasteiger charge is 2.11. The van der Waals surface area contributed by atoms with Gasteiger partial charge in [0.1, 0.15) is 6.07 Å². The molecule has 124 valence electrons. The molecule has 5 aromatic rings. The van der Waals surface area contributed by atoms with Crippen molar-refractivity contribution in [3.05, 3.63) is 69.9 Å². The molecule has 0 unspecified atom stereocenters. The molecule has 0 saturated carbocycles. The molecule has 2 aromatic carbocycles. The van der Waals surface area contributed by atoms with Crippen LogP contribution < -0.4 is 0 Å². The van der Waals surface area contributed by atoms with E-state index in [4.69, 9.17) is 0 Å². The van der Waals surface area contributed by atoms with E-state index in [1.165, 1.54) is 35.1 Å². The lowest BCUT2D eigenvalue weighted by atomic mass is 10.2. The molecule has 0 aliphatic heterocycles. The largest absolute Gasteiger partial charge is 0.192 e. The molecular formula is C22H13NS3. The smallest absolute Gasteiger partial charge is 0.101 e. The van der Waals surface area contributed by atoms with E-state index >= 15 is 0 Å². The Bertz CT molecular complexity index is 1320. The molecule has 5 rings (SSSR count). The summed E-state index contributed by atoms with van der Waals surface area (Å²) in [6, 6.07) is 21.6. The molecule has 0 atom stereocenters. The number of hydrogen-bond donors (Lipinski definition) is 0. The molecule has 3 aromatic heterocycles. The predicted molar refractivity (Wildman–Crippen MR) is 117 cm³/mol. The van der Waals surface area contributed by atoms with Crippen LogP contribution in [-0.4, -0.2) is 0 Å². The van der Waals surface area contributed by atoms with Crippen molar-refractivity contribution in [2.45, 2.75) is 6.92 Å². The maximum atomic E-state index is 9.69. The van der Waals surface area contributed by atoms with Crippen LogP contribution in [0.15, 0.2) is 54.6 Å². The zero-order valence-electron chi connectivity index (χ0n) is 13.9. The number of nitriles is 1. The Kier molecular flexibility index (Phi) is 3.68. The van der Waals surface area contributed by atoms with Crippen LogP contribution >= 0.6 is 34.0 Å². The van der Waals surface area contributed by atoms with Crippen molar-refractivity contribution < 1.29 is 0 Å². The van der Waals surface area contributed by atoms with E-state index in [0.717, 1.165) is 15.3 Å². The van der Waals surface area contributed by atoms with Gasteiger partial charge in [0, 0.05) is 29.2 Å². The first-order chi connectivity index (χ1) is 12.7. The molecule has 0 radical (unpaired) electrons. The van der Waals surface area contributed by atoms with Crippen molar-refractivity contribution in [2.24, 2.45) is 0 Å². The van der Waals surface area contributed by atoms with Crippen LogP contribution in [0.5, 0.6) is 0 Å². The molecule has 0 bridgehead atoms. The van der Waals surface area contributed by atoms with Crippen LogP contribution in [0.2, 0.25) is 0 Å². The summed E-state index contributed by atoms with van der Waals surface area (Å²) >= 11 is 5.28. The fourth-order valence-electron chi connectivity index (χ4n) is 3.16. The van der Waals surface area contributed by atoms with E-state index in [1.54, 1.807) is 22.7 Å². The first-order valence-corrected chi connectivity index (χ1v) is 10.7. The standard InChI is InChI=1S/C22H13NS3/c1-13-6-7-17-20(8-13)26-21-11-16(24-22(17)21)9-15(12-23)19-10-14-4-2-3-5-18(14)25-19/h2-11H,1H3/b15-9+. The molecule has 0 fully saturated rings. The van der Waals surface area contributed by atoms with Crippen LogP contribution in [0.25, 0.3) is 41.2 Å². The van der Waals surface area contributed by atoms with Gasteiger partial charge in [0.15, 0.2) is 0 Å². The molecule has 4 heteroatoms. The maximum Gasteiger partial charge on any atom is 0.101 e. The lowest BCUT2D eigenvalue weighted by Crippen LogP contribution is -1.73. The lowest BCUT2D eigenvalue weighted by Gasteiger charge is -1.93. The van der Waals surface area contributed by atoms with Gasteiger partial charge < -0.3 is 0 Å². The van der Waals surface area contributed by atoms with Crippen LogP contribution in [0, 0.1) is 18.3 Å². The van der Waals surface area contributed by atoms with Crippen molar-refractivity contribution >= 4 is 75.2 Å². The minimum atomic E-state index is 0.736. The second-order valence-electron chi connectivity index (χ2n) is 6.26. The van der Waals surface area contributed by atoms with E-state index in [2.05, 4.69) is 55.5 Å². The van der Waals surface area contributed by atoms with Gasteiger partial charge in [-0.05, 0) is 48.2 Å². The van der Waals surface area contributed by atoms with Crippen molar-refractivity contribution in [3.63, 3.8) is 0 Å². The van der Waals surface area contributed by atoms with E-state index < -0.39 is 0 Å². The van der Waals surface area contributed by atoms with Crippen LogP contribution in [-0.2, 0) is 0 Å². The summed E-state index contributed by atoms with van der Waals surface area (Å²) in [4.78, 5) is 2.17. The van der Waals surface area contributed by atoms with Gasteiger partial charge in [0.25, 0.3) is 0 Å². The van der Waals surface area contributed by atoms with E-state index in [0.29, 0.717) is 0 Å². The Morgan fingerprint density at radius 1 is 0.923 bits per heavy atom. The van der Waals surface area contributed by atoms with Crippen LogP contribution in [0.3, 0.4) is 0 Å². The summed E-state index contributed by atoms with van der Waals surface area (Å²) in [5.74, 6) is 0. The first kappa shape index (κ1) is 15.8. The molecular weight excluding hydrogens is 374 g/mol. The average molecular weight is 388 g/mol. The average Bonchev–Trinajstić information content (AvgIpc) is 3.30. The molecule has 0 aliphatic rings. The van der Waals surface area contributed by atoms with Crippen LogP contribution in [0.4, 0.5) is 0 Å². The number of benzene rings is 2. The molecule has 1 nitrogen and oxygen atoms in total. The molecule has 0 spiro atoms. The van der Waals surface area contributed by atoms with E-state index in [1.807, 2.05) is 29.5 Å². The van der Waals surface area contributed by atoms with Gasteiger partial charge in [0.2, 0.25) is 0 Å². The fourth-order valence-corrected chi connectivity index (χ4v) is 6.77. The number of fused-ring (bicyclic) bond motifs is 4. The lowest BCUT2D eigenvalue weighted by molar-refractivity contribution is 1.52. The Morgan fingerprint density at radius 3 is 2.65 bits per heavy atom. The van der Waals surface area contributed by atoms with Gasteiger partial charge in [-0.1, -0.05) is 30.3 Å². The summed E-state index contributed by atoms with van der Waals surface area (Å²) in [6.07, 6.45) is 2.03. The van der Waals surface area contributed by atoms with Gasteiger partial charge in [0.05, 0.1) is 10.3 Å². The monoisotopic (exact) mass is 387 g/mol. The third-order valence-corrected chi connectivity index (χ3v) is 7.91. The quantitative estimate of drug-likeness (QED) is 0.285. The summed E-state index contributed by atoms with van der Waals surface area (Å²) in [6.45, 7) is 2.13. The number of aryl methyl sites for hydroxylation is 1. The second-order valence-corrected chi connectivity index (χ2v) is 9.51. The summed E-state index contributed by atoms with van der Waals surface area (Å²) in [7, 11) is 0. The Balaban J connectivity index is 1.62. The molecule has 3 heterocycles. The van der Waals surface area contributed by atoms with E-state index in [-0.39, 0.29) is 0 Å². The zero-order chi connectivity index (χ0) is 17.7. The predicted octanol–water partition coefficient (Wildman–Crippen LogP) is 7.70. The maximum absolute atomic E-state index is 9.69. The van der Waals surface area contributed by atoms with Crippen molar-refractivity contribution in [1.29, 1.82) is 5.26 Å². The number of hydrogen-bond acceptors (Lipinski definition) is 4. The number of allylic oxidation sites excluding steroid dienone is 1. The van der Waals surface area contributed by atoms with Crippen LogP contribution in [0.1, 0.15) is 15.3 Å². The summed E-state index contributed by atoms with van der Waals surface area (Å²) in [5, 5.41) is 12.2. The number of rotatable bonds is 2. The molecule has 26 heavy (non-hydrogen) atoms. The van der Waals surface area contributed by atoms with Gasteiger partial charge in [-0.25, -0.2) is 0 Å². The van der Waals surface area contributed by atoms with E-state index in [9.17, 15) is 5.26 Å². The highest BCUT2D eigenvalue weighted by atomic mass is 32.1. The Labute approximate surface area is 163 Å². The number of nitrogens with zero attached hydrogens (tertiary/aromatic N) is 1. The minimum Gasteiger partial charge on any atom is -0.192 e. The Hall–Kier alpha value is -2.45. The summed E-state index contributed by atoms with van der Waals surface area (Å²) in [5.41, 5.74) is 2.03. The fraction of sp³-hybridized carbons (Fsp3) is 0.0455. The van der Waals surface area contributed by atoms with Crippen molar-refractivity contribution in [3.8, 4) is 6.07 Å². The van der Waals surface area contributed by atoms with Gasteiger partial charge in [-0.2, -0.15) is 5.26 Å². The van der Waals surface area contributed by atoms with Gasteiger partial charge in [-0.15, -0.1) is 34.0 Å². The highest BCUT2D eigenvalue weighted by molar-refractivity contribution is 7.33. The SMILES string of the molecule is Cc1ccc2c(c1)sc1cc(/C=C(\C#N)c3cc4ccccc4s3)sc12. The van der Waals surface area contributed by atoms with Crippen molar-refractivity contribution in [2.75, 3.05) is 0 Å². The third kappa shape index (κ3) is 2.57. The topological polar surface area (TPSA) is 23.8 Å². The zero-order valence-corrected chi connectivity index (χ0v) is 16.4. The molecule has 0 saturated heterocycles. The van der Waals surface area contributed by atoms with Gasteiger partial charge >= 0.3 is 0 Å². The van der Waals surface area contributed by atoms with Crippen molar-refractivity contribution in [1.82, 2.24) is 0 Å². The second kappa shape index (κ2) is 6.07. The summed E-state index contributed by atoms with van der Waals surface area (Å²) < 4.78 is 5.18. The first-order valence-electron chi connectivity index (χ1n) is 8.25.